The van der Waals surface area contributed by atoms with Gasteiger partial charge in [0.15, 0.2) is 5.69 Å². The van der Waals surface area contributed by atoms with Gasteiger partial charge in [-0.25, -0.2) is 0 Å². The average molecular weight is 223 g/mol. The van der Waals surface area contributed by atoms with Crippen molar-refractivity contribution in [3.8, 4) is 0 Å². The predicted octanol–water partition coefficient (Wildman–Crippen LogP) is 0.0188. The molecule has 1 unspecified atom stereocenters. The van der Waals surface area contributed by atoms with Gasteiger partial charge in [-0.2, -0.15) is 15.4 Å². The number of rotatable bonds is 3. The molecule has 0 aliphatic carbocycles. The molecule has 1 amide bonds. The van der Waals surface area contributed by atoms with Gasteiger partial charge in [0.05, 0.1) is 6.20 Å². The number of nitrogens with zero attached hydrogens (tertiary/aromatic N) is 3. The van der Waals surface area contributed by atoms with Crippen LogP contribution in [0.1, 0.15) is 29.8 Å². The van der Waals surface area contributed by atoms with E-state index in [1.54, 1.807) is 0 Å². The normalized spacial score (nSPS) is 21.9. The van der Waals surface area contributed by atoms with E-state index in [-0.39, 0.29) is 5.91 Å². The van der Waals surface area contributed by atoms with Gasteiger partial charge in [-0.15, -0.1) is 0 Å². The molecular weight excluding hydrogens is 206 g/mol. The SMILES string of the molecule is CN1CCCCC1CNC(=O)c1cn[nH]n1. The van der Waals surface area contributed by atoms with Crippen LogP contribution < -0.4 is 5.32 Å². The largest absolute Gasteiger partial charge is 0.349 e. The van der Waals surface area contributed by atoms with E-state index in [1.807, 2.05) is 0 Å². The minimum absolute atomic E-state index is 0.160. The van der Waals surface area contributed by atoms with E-state index in [0.29, 0.717) is 18.3 Å². The lowest BCUT2D eigenvalue weighted by atomic mass is 10.0. The summed E-state index contributed by atoms with van der Waals surface area (Å²) < 4.78 is 0. The number of aromatic amines is 1. The number of aromatic nitrogens is 3. The lowest BCUT2D eigenvalue weighted by Gasteiger charge is -2.32. The van der Waals surface area contributed by atoms with Crippen molar-refractivity contribution < 1.29 is 4.79 Å². The van der Waals surface area contributed by atoms with Gasteiger partial charge in [-0.05, 0) is 26.4 Å². The van der Waals surface area contributed by atoms with Crippen molar-refractivity contribution in [3.63, 3.8) is 0 Å². The second kappa shape index (κ2) is 5.07. The molecule has 6 heteroatoms. The molecular formula is C10H17N5O. The molecule has 6 nitrogen and oxygen atoms in total. The minimum atomic E-state index is -0.160. The van der Waals surface area contributed by atoms with Crippen molar-refractivity contribution in [1.82, 2.24) is 25.6 Å². The van der Waals surface area contributed by atoms with Crippen LogP contribution in [0.15, 0.2) is 6.20 Å². The van der Waals surface area contributed by atoms with Crippen LogP contribution >= 0.6 is 0 Å². The van der Waals surface area contributed by atoms with Crippen molar-refractivity contribution in [2.24, 2.45) is 0 Å². The van der Waals surface area contributed by atoms with Crippen molar-refractivity contribution in [3.05, 3.63) is 11.9 Å². The average Bonchev–Trinajstić information content (AvgIpc) is 2.81. The molecule has 2 heterocycles. The van der Waals surface area contributed by atoms with Crippen LogP contribution in [-0.2, 0) is 0 Å². The quantitative estimate of drug-likeness (QED) is 0.757. The zero-order chi connectivity index (χ0) is 11.4. The molecule has 2 N–H and O–H groups in total. The highest BCUT2D eigenvalue weighted by Crippen LogP contribution is 2.13. The number of nitrogens with one attached hydrogen (secondary N) is 2. The predicted molar refractivity (Wildman–Crippen MR) is 59.0 cm³/mol. The van der Waals surface area contributed by atoms with E-state index in [0.717, 1.165) is 13.0 Å². The summed E-state index contributed by atoms with van der Waals surface area (Å²) in [7, 11) is 2.10. The molecule has 1 aliphatic rings. The monoisotopic (exact) mass is 223 g/mol. The van der Waals surface area contributed by atoms with Gasteiger partial charge in [0, 0.05) is 12.6 Å². The molecule has 1 saturated heterocycles. The number of carbonyl (C=O) groups excluding carboxylic acids is 1. The van der Waals surface area contributed by atoms with E-state index in [2.05, 4.69) is 32.7 Å². The summed E-state index contributed by atoms with van der Waals surface area (Å²) >= 11 is 0. The highest BCUT2D eigenvalue weighted by Gasteiger charge is 2.19. The zero-order valence-corrected chi connectivity index (χ0v) is 9.44. The third-order valence-electron chi connectivity index (χ3n) is 3.07. The second-order valence-corrected chi connectivity index (χ2v) is 4.20. The molecule has 0 radical (unpaired) electrons. The first-order valence-corrected chi connectivity index (χ1v) is 5.61. The van der Waals surface area contributed by atoms with Gasteiger partial charge in [0.2, 0.25) is 0 Å². The molecule has 0 bridgehead atoms. The Morgan fingerprint density at radius 3 is 3.25 bits per heavy atom. The standard InChI is InChI=1S/C10H17N5O/c1-15-5-3-2-4-8(15)6-11-10(16)9-7-12-14-13-9/h7-8H,2-6H2,1H3,(H,11,16)(H,12,13,14). The number of amides is 1. The molecule has 1 aliphatic heterocycles. The molecule has 1 fully saturated rings. The molecule has 16 heavy (non-hydrogen) atoms. The highest BCUT2D eigenvalue weighted by atomic mass is 16.2. The summed E-state index contributed by atoms with van der Waals surface area (Å²) in [6, 6.07) is 0.449. The molecule has 2 rings (SSSR count). The zero-order valence-electron chi connectivity index (χ0n) is 9.44. The third-order valence-corrected chi connectivity index (χ3v) is 3.07. The molecule has 1 aromatic rings. The fourth-order valence-electron chi connectivity index (χ4n) is 2.01. The van der Waals surface area contributed by atoms with Gasteiger partial charge in [-0.3, -0.25) is 4.79 Å². The number of carbonyl (C=O) groups is 1. The van der Waals surface area contributed by atoms with Crippen LogP contribution in [0.2, 0.25) is 0 Å². The van der Waals surface area contributed by atoms with Crippen LogP contribution in [0.25, 0.3) is 0 Å². The van der Waals surface area contributed by atoms with Gasteiger partial charge in [0.1, 0.15) is 0 Å². The first kappa shape index (κ1) is 11.1. The fraction of sp³-hybridized carbons (Fsp3) is 0.700. The van der Waals surface area contributed by atoms with Crippen LogP contribution in [0, 0.1) is 0 Å². The van der Waals surface area contributed by atoms with E-state index in [4.69, 9.17) is 0 Å². The van der Waals surface area contributed by atoms with Gasteiger partial charge in [0.25, 0.3) is 5.91 Å². The topological polar surface area (TPSA) is 73.9 Å². The van der Waals surface area contributed by atoms with Gasteiger partial charge in [-0.1, -0.05) is 6.42 Å². The first-order chi connectivity index (χ1) is 7.77. The number of hydrogen-bond donors (Lipinski definition) is 2. The first-order valence-electron chi connectivity index (χ1n) is 5.61. The molecule has 0 aromatic carbocycles. The van der Waals surface area contributed by atoms with Crippen molar-refractivity contribution >= 4 is 5.91 Å². The number of piperidine rings is 1. The van der Waals surface area contributed by atoms with E-state index in [9.17, 15) is 4.79 Å². The summed E-state index contributed by atoms with van der Waals surface area (Å²) in [6.45, 7) is 1.80. The molecule has 1 aromatic heterocycles. The third kappa shape index (κ3) is 2.57. The molecule has 88 valence electrons. The van der Waals surface area contributed by atoms with Crippen LogP contribution in [-0.4, -0.2) is 52.4 Å². The summed E-state index contributed by atoms with van der Waals surface area (Å²) in [4.78, 5) is 13.9. The second-order valence-electron chi connectivity index (χ2n) is 4.20. The Balaban J connectivity index is 1.80. The minimum Gasteiger partial charge on any atom is -0.349 e. The Hall–Kier alpha value is -1.43. The smallest absolute Gasteiger partial charge is 0.273 e. The lowest BCUT2D eigenvalue weighted by Crippen LogP contribution is -2.44. The number of likely N-dealkylation sites (N-methyl/N-ethyl adjacent to an activating group) is 1. The fourth-order valence-corrected chi connectivity index (χ4v) is 2.01. The van der Waals surface area contributed by atoms with Crippen molar-refractivity contribution in [2.75, 3.05) is 20.1 Å². The molecule has 0 spiro atoms. The summed E-state index contributed by atoms with van der Waals surface area (Å²) in [5, 5.41) is 12.7. The maximum absolute atomic E-state index is 11.6. The van der Waals surface area contributed by atoms with E-state index < -0.39 is 0 Å². The number of likely N-dealkylation sites (tertiary alicyclic amines) is 1. The Morgan fingerprint density at radius 2 is 2.56 bits per heavy atom. The Kier molecular flexibility index (Phi) is 3.51. The van der Waals surface area contributed by atoms with Gasteiger partial charge < -0.3 is 10.2 Å². The number of hydrogen-bond acceptors (Lipinski definition) is 4. The van der Waals surface area contributed by atoms with E-state index >= 15 is 0 Å². The van der Waals surface area contributed by atoms with Gasteiger partial charge >= 0.3 is 0 Å². The summed E-state index contributed by atoms with van der Waals surface area (Å²) in [5.74, 6) is -0.160. The van der Waals surface area contributed by atoms with Crippen molar-refractivity contribution in [1.29, 1.82) is 0 Å². The van der Waals surface area contributed by atoms with Crippen LogP contribution in [0.5, 0.6) is 0 Å². The number of H-pyrrole nitrogens is 1. The van der Waals surface area contributed by atoms with E-state index in [1.165, 1.54) is 19.0 Å². The summed E-state index contributed by atoms with van der Waals surface area (Å²) in [6.07, 6.45) is 5.08. The van der Waals surface area contributed by atoms with Crippen molar-refractivity contribution in [2.45, 2.75) is 25.3 Å². The lowest BCUT2D eigenvalue weighted by molar-refractivity contribution is 0.0923. The maximum atomic E-state index is 11.6. The Labute approximate surface area is 94.4 Å². The Morgan fingerprint density at radius 1 is 1.69 bits per heavy atom. The summed E-state index contributed by atoms with van der Waals surface area (Å²) in [5.41, 5.74) is 0.346. The maximum Gasteiger partial charge on any atom is 0.273 e. The van der Waals surface area contributed by atoms with Crippen LogP contribution in [0.4, 0.5) is 0 Å². The van der Waals surface area contributed by atoms with Crippen LogP contribution in [0.3, 0.4) is 0 Å². The molecule has 1 atom stereocenters. The Bertz CT molecular complexity index is 337. The molecule has 0 saturated carbocycles. The highest BCUT2D eigenvalue weighted by molar-refractivity contribution is 5.91.